The van der Waals surface area contributed by atoms with Crippen molar-refractivity contribution in [1.82, 2.24) is 9.62 Å². The van der Waals surface area contributed by atoms with Crippen molar-refractivity contribution in [2.45, 2.75) is 23.8 Å². The third-order valence-electron chi connectivity index (χ3n) is 4.15. The van der Waals surface area contributed by atoms with Crippen LogP contribution in [0.3, 0.4) is 0 Å². The number of benzene rings is 2. The van der Waals surface area contributed by atoms with E-state index in [2.05, 4.69) is 5.32 Å². The smallest absolute Gasteiger partial charge is 0.243 e. The van der Waals surface area contributed by atoms with Crippen molar-refractivity contribution in [3.05, 3.63) is 42.5 Å². The molecule has 3 rings (SSSR count). The average Bonchev–Trinajstić information content (AvgIpc) is 2.54. The van der Waals surface area contributed by atoms with Crippen LogP contribution in [0.2, 0.25) is 0 Å². The van der Waals surface area contributed by atoms with E-state index in [4.69, 9.17) is 0 Å². The normalized spacial score (nSPS) is 19.8. The Balaban J connectivity index is 0.00000176. The highest BCUT2D eigenvalue weighted by molar-refractivity contribution is 7.89. The largest absolute Gasteiger partial charge is 0.316 e. The molecule has 0 bridgehead atoms. The molecule has 1 unspecified atom stereocenters. The lowest BCUT2D eigenvalue weighted by molar-refractivity contribution is 0.293. The Labute approximate surface area is 138 Å². The molecule has 120 valence electrons. The average molecular weight is 341 g/mol. The van der Waals surface area contributed by atoms with Crippen LogP contribution in [0.25, 0.3) is 10.8 Å². The van der Waals surface area contributed by atoms with E-state index < -0.39 is 10.0 Å². The molecule has 0 amide bonds. The van der Waals surface area contributed by atoms with Gasteiger partial charge in [-0.05, 0) is 42.8 Å². The Bertz CT molecular complexity index is 749. The van der Waals surface area contributed by atoms with Crippen molar-refractivity contribution >= 4 is 33.2 Å². The third-order valence-corrected chi connectivity index (χ3v) is 6.01. The third kappa shape index (κ3) is 3.27. The summed E-state index contributed by atoms with van der Waals surface area (Å²) in [7, 11) is -1.52. The Kier molecular flexibility index (Phi) is 5.45. The minimum atomic E-state index is -3.40. The second-order valence-corrected chi connectivity index (χ2v) is 7.44. The van der Waals surface area contributed by atoms with Gasteiger partial charge in [0.1, 0.15) is 0 Å². The molecule has 1 saturated heterocycles. The quantitative estimate of drug-likeness (QED) is 0.934. The number of nitrogens with zero attached hydrogens (tertiary/aromatic N) is 1. The predicted molar refractivity (Wildman–Crippen MR) is 92.0 cm³/mol. The van der Waals surface area contributed by atoms with Gasteiger partial charge in [-0.2, -0.15) is 4.31 Å². The molecule has 1 aliphatic heterocycles. The number of fused-ring (bicyclic) bond motifs is 1. The zero-order valence-corrected chi connectivity index (χ0v) is 14.2. The van der Waals surface area contributed by atoms with E-state index in [0.29, 0.717) is 18.0 Å². The van der Waals surface area contributed by atoms with E-state index in [-0.39, 0.29) is 18.4 Å². The van der Waals surface area contributed by atoms with Crippen molar-refractivity contribution in [1.29, 1.82) is 0 Å². The van der Waals surface area contributed by atoms with Crippen molar-refractivity contribution in [2.24, 2.45) is 0 Å². The highest BCUT2D eigenvalue weighted by Gasteiger charge is 2.29. The van der Waals surface area contributed by atoms with E-state index in [9.17, 15) is 8.42 Å². The first-order valence-corrected chi connectivity index (χ1v) is 8.71. The summed E-state index contributed by atoms with van der Waals surface area (Å²) < 4.78 is 27.2. The van der Waals surface area contributed by atoms with Crippen LogP contribution in [-0.2, 0) is 10.0 Å². The molecular weight excluding hydrogens is 320 g/mol. The second-order valence-electron chi connectivity index (χ2n) is 5.50. The molecule has 0 spiro atoms. The molecular formula is C16H21ClN2O2S. The molecule has 1 heterocycles. The van der Waals surface area contributed by atoms with Gasteiger partial charge >= 0.3 is 0 Å². The summed E-state index contributed by atoms with van der Waals surface area (Å²) in [6.45, 7) is 1.15. The summed E-state index contributed by atoms with van der Waals surface area (Å²) in [6, 6.07) is 13.4. The summed E-state index contributed by atoms with van der Waals surface area (Å²) in [5, 5.41) is 5.20. The molecule has 2 aromatic carbocycles. The van der Waals surface area contributed by atoms with Crippen LogP contribution < -0.4 is 5.32 Å². The van der Waals surface area contributed by atoms with Crippen molar-refractivity contribution in [3.63, 3.8) is 0 Å². The first kappa shape index (κ1) is 17.2. The maximum absolute atomic E-state index is 12.8. The summed E-state index contributed by atoms with van der Waals surface area (Å²) in [6.07, 6.45) is 1.93. The SMILES string of the molecule is CNC1CCCN(S(=O)(=O)c2ccc3ccccc3c2)C1.Cl. The summed E-state index contributed by atoms with van der Waals surface area (Å²) >= 11 is 0. The fraction of sp³-hybridized carbons (Fsp3) is 0.375. The Morgan fingerprint density at radius 1 is 1.14 bits per heavy atom. The number of hydrogen-bond donors (Lipinski definition) is 1. The molecule has 4 nitrogen and oxygen atoms in total. The van der Waals surface area contributed by atoms with Crippen LogP contribution in [0.15, 0.2) is 47.4 Å². The molecule has 22 heavy (non-hydrogen) atoms. The number of sulfonamides is 1. The van der Waals surface area contributed by atoms with Gasteiger partial charge in [0, 0.05) is 19.1 Å². The standard InChI is InChI=1S/C16H20N2O2S.ClH/c1-17-15-7-4-10-18(12-15)21(19,20)16-9-8-13-5-2-3-6-14(13)11-16;/h2-3,5-6,8-9,11,15,17H,4,7,10,12H2,1H3;1H. The van der Waals surface area contributed by atoms with E-state index >= 15 is 0 Å². The molecule has 0 saturated carbocycles. The topological polar surface area (TPSA) is 49.4 Å². The van der Waals surface area contributed by atoms with Crippen molar-refractivity contribution in [3.8, 4) is 0 Å². The zero-order valence-electron chi connectivity index (χ0n) is 12.5. The number of piperidine rings is 1. The van der Waals surface area contributed by atoms with E-state index in [0.717, 1.165) is 23.6 Å². The van der Waals surface area contributed by atoms with E-state index in [1.165, 1.54) is 0 Å². The van der Waals surface area contributed by atoms with Gasteiger partial charge in [-0.1, -0.05) is 30.3 Å². The predicted octanol–water partition coefficient (Wildman–Crippen LogP) is 2.63. The van der Waals surface area contributed by atoms with Gasteiger partial charge in [0.2, 0.25) is 10.0 Å². The first-order valence-electron chi connectivity index (χ1n) is 7.27. The lowest BCUT2D eigenvalue weighted by atomic mass is 10.1. The van der Waals surface area contributed by atoms with E-state index in [1.54, 1.807) is 16.4 Å². The number of likely N-dealkylation sites (N-methyl/N-ethyl adjacent to an activating group) is 1. The molecule has 1 aliphatic rings. The lowest BCUT2D eigenvalue weighted by Gasteiger charge is -2.31. The van der Waals surface area contributed by atoms with Crippen LogP contribution in [0.5, 0.6) is 0 Å². The Morgan fingerprint density at radius 3 is 2.59 bits per heavy atom. The minimum Gasteiger partial charge on any atom is -0.316 e. The molecule has 2 aromatic rings. The monoisotopic (exact) mass is 340 g/mol. The first-order chi connectivity index (χ1) is 10.1. The molecule has 0 aromatic heterocycles. The van der Waals surface area contributed by atoms with Gasteiger partial charge in [-0.15, -0.1) is 12.4 Å². The molecule has 0 radical (unpaired) electrons. The van der Waals surface area contributed by atoms with Crippen molar-refractivity contribution < 1.29 is 8.42 Å². The van der Waals surface area contributed by atoms with Crippen LogP contribution in [-0.4, -0.2) is 38.9 Å². The molecule has 1 atom stereocenters. The fourth-order valence-corrected chi connectivity index (χ4v) is 4.43. The maximum Gasteiger partial charge on any atom is 0.243 e. The number of hydrogen-bond acceptors (Lipinski definition) is 3. The summed E-state index contributed by atoms with van der Waals surface area (Å²) in [4.78, 5) is 0.387. The van der Waals surface area contributed by atoms with E-state index in [1.807, 2.05) is 37.4 Å². The lowest BCUT2D eigenvalue weighted by Crippen LogP contribution is -2.46. The number of rotatable bonds is 3. The van der Waals surface area contributed by atoms with Gasteiger partial charge in [0.05, 0.1) is 4.90 Å². The second kappa shape index (κ2) is 6.96. The Hall–Kier alpha value is -1.14. The molecule has 0 aliphatic carbocycles. The van der Waals surface area contributed by atoms with Crippen LogP contribution in [0, 0.1) is 0 Å². The summed E-state index contributed by atoms with van der Waals surface area (Å²) in [5.74, 6) is 0. The van der Waals surface area contributed by atoms with Crippen LogP contribution in [0.4, 0.5) is 0 Å². The van der Waals surface area contributed by atoms with Crippen LogP contribution >= 0.6 is 12.4 Å². The molecule has 1 N–H and O–H groups in total. The molecule has 6 heteroatoms. The summed E-state index contributed by atoms with van der Waals surface area (Å²) in [5.41, 5.74) is 0. The van der Waals surface area contributed by atoms with Crippen molar-refractivity contribution in [2.75, 3.05) is 20.1 Å². The highest BCUT2D eigenvalue weighted by Crippen LogP contribution is 2.24. The van der Waals surface area contributed by atoms with Crippen LogP contribution in [0.1, 0.15) is 12.8 Å². The number of nitrogens with one attached hydrogen (secondary N) is 1. The highest BCUT2D eigenvalue weighted by atomic mass is 35.5. The van der Waals surface area contributed by atoms with Gasteiger partial charge in [0.25, 0.3) is 0 Å². The Morgan fingerprint density at radius 2 is 1.86 bits per heavy atom. The van der Waals surface area contributed by atoms with Gasteiger partial charge < -0.3 is 5.32 Å². The van der Waals surface area contributed by atoms with Gasteiger partial charge in [0.15, 0.2) is 0 Å². The fourth-order valence-electron chi connectivity index (χ4n) is 2.87. The van der Waals surface area contributed by atoms with Gasteiger partial charge in [-0.3, -0.25) is 0 Å². The number of halogens is 1. The molecule has 1 fully saturated rings. The van der Waals surface area contributed by atoms with Gasteiger partial charge in [-0.25, -0.2) is 8.42 Å². The maximum atomic E-state index is 12.8. The minimum absolute atomic E-state index is 0. The zero-order chi connectivity index (χ0) is 14.9.